The predicted molar refractivity (Wildman–Crippen MR) is 151 cm³/mol. The van der Waals surface area contributed by atoms with Crippen LogP contribution in [-0.2, 0) is 26.8 Å². The molecule has 3 rings (SSSR count). The number of halogens is 1. The van der Waals surface area contributed by atoms with Gasteiger partial charge in [0.15, 0.2) is 0 Å². The molecule has 0 bridgehead atoms. The average Bonchev–Trinajstić information content (AvgIpc) is 2.79. The van der Waals surface area contributed by atoms with E-state index in [2.05, 4.69) is 31.3 Å². The molecule has 1 amide bonds. The topological polar surface area (TPSA) is 78.8 Å². The Labute approximate surface area is 225 Å². The first-order valence-electron chi connectivity index (χ1n) is 12.0. The summed E-state index contributed by atoms with van der Waals surface area (Å²) < 4.78 is 28.7. The Kier molecular flexibility index (Phi) is 8.95. The predicted octanol–water partition coefficient (Wildman–Crippen LogP) is 5.90. The maximum atomic E-state index is 13.8. The minimum absolute atomic E-state index is 0.0116. The SMILES string of the molecule is Cc1cc(C)c(S(=O)(=O)N(CC(=O)N/N=C/c2ccc(C(C)(C)C)cc2)Cc2ccc(Cl)cc2)c(C)c1. The third-order valence-corrected chi connectivity index (χ3v) is 8.32. The summed E-state index contributed by atoms with van der Waals surface area (Å²) in [6, 6.07) is 18.4. The zero-order chi connectivity index (χ0) is 27.4. The smallest absolute Gasteiger partial charge is 0.255 e. The summed E-state index contributed by atoms with van der Waals surface area (Å²) in [5, 5.41) is 4.59. The molecule has 196 valence electrons. The lowest BCUT2D eigenvalue weighted by Gasteiger charge is -2.24. The molecule has 37 heavy (non-hydrogen) atoms. The van der Waals surface area contributed by atoms with Crippen LogP contribution in [0.25, 0.3) is 0 Å². The maximum absolute atomic E-state index is 13.8. The summed E-state index contributed by atoms with van der Waals surface area (Å²) in [6.45, 7) is 11.5. The molecule has 0 fully saturated rings. The van der Waals surface area contributed by atoms with E-state index < -0.39 is 22.5 Å². The molecule has 0 saturated carbocycles. The van der Waals surface area contributed by atoms with E-state index in [0.717, 1.165) is 11.1 Å². The highest BCUT2D eigenvalue weighted by Crippen LogP contribution is 2.27. The Balaban J connectivity index is 1.82. The number of nitrogens with zero attached hydrogens (tertiary/aromatic N) is 2. The van der Waals surface area contributed by atoms with Gasteiger partial charge in [0.2, 0.25) is 10.0 Å². The fourth-order valence-corrected chi connectivity index (χ4v) is 6.09. The molecular weight excluding hydrogens is 506 g/mol. The van der Waals surface area contributed by atoms with E-state index in [9.17, 15) is 13.2 Å². The first-order valence-corrected chi connectivity index (χ1v) is 13.8. The molecule has 6 nitrogen and oxygen atoms in total. The van der Waals surface area contributed by atoms with Crippen LogP contribution < -0.4 is 5.43 Å². The third kappa shape index (κ3) is 7.51. The summed E-state index contributed by atoms with van der Waals surface area (Å²) in [5.74, 6) is -0.539. The van der Waals surface area contributed by atoms with Gasteiger partial charge in [-0.05, 0) is 66.1 Å². The van der Waals surface area contributed by atoms with Crippen molar-refractivity contribution >= 4 is 33.7 Å². The second-order valence-corrected chi connectivity index (χ2v) is 12.6. The molecule has 3 aromatic rings. The van der Waals surface area contributed by atoms with Crippen LogP contribution in [0, 0.1) is 20.8 Å². The van der Waals surface area contributed by atoms with Crippen molar-refractivity contribution in [1.82, 2.24) is 9.73 Å². The van der Waals surface area contributed by atoms with Crippen molar-refractivity contribution in [2.24, 2.45) is 5.10 Å². The Hall–Kier alpha value is -3.00. The Morgan fingerprint density at radius 1 is 0.973 bits per heavy atom. The van der Waals surface area contributed by atoms with Crippen LogP contribution in [0.15, 0.2) is 70.7 Å². The van der Waals surface area contributed by atoms with Crippen LogP contribution in [0.5, 0.6) is 0 Å². The Bertz CT molecular complexity index is 1370. The highest BCUT2D eigenvalue weighted by Gasteiger charge is 2.30. The quantitative estimate of drug-likeness (QED) is 0.286. The lowest BCUT2D eigenvalue weighted by molar-refractivity contribution is -0.121. The third-order valence-electron chi connectivity index (χ3n) is 5.97. The number of aryl methyl sites for hydroxylation is 3. The zero-order valence-corrected chi connectivity index (χ0v) is 23.7. The number of sulfonamides is 1. The van der Waals surface area contributed by atoms with E-state index in [1.807, 2.05) is 43.3 Å². The average molecular weight is 540 g/mol. The second-order valence-electron chi connectivity index (χ2n) is 10.3. The van der Waals surface area contributed by atoms with Gasteiger partial charge in [-0.25, -0.2) is 13.8 Å². The van der Waals surface area contributed by atoms with Gasteiger partial charge >= 0.3 is 0 Å². The van der Waals surface area contributed by atoms with Crippen LogP contribution in [0.1, 0.15) is 54.2 Å². The van der Waals surface area contributed by atoms with E-state index in [1.165, 1.54) is 16.1 Å². The number of hydrogen-bond donors (Lipinski definition) is 1. The van der Waals surface area contributed by atoms with E-state index in [4.69, 9.17) is 11.6 Å². The van der Waals surface area contributed by atoms with Crippen molar-refractivity contribution in [3.63, 3.8) is 0 Å². The maximum Gasteiger partial charge on any atom is 0.255 e. The normalized spacial score (nSPS) is 12.3. The first kappa shape index (κ1) is 28.6. The van der Waals surface area contributed by atoms with Gasteiger partial charge in [-0.3, -0.25) is 4.79 Å². The summed E-state index contributed by atoms with van der Waals surface area (Å²) in [4.78, 5) is 13.0. The van der Waals surface area contributed by atoms with Crippen molar-refractivity contribution < 1.29 is 13.2 Å². The number of hydrazone groups is 1. The molecule has 0 heterocycles. The zero-order valence-electron chi connectivity index (χ0n) is 22.2. The minimum atomic E-state index is -3.99. The molecule has 8 heteroatoms. The number of benzene rings is 3. The van der Waals surface area contributed by atoms with Gasteiger partial charge in [-0.1, -0.05) is 86.5 Å². The molecule has 0 saturated heterocycles. The van der Waals surface area contributed by atoms with Crippen LogP contribution >= 0.6 is 11.6 Å². The van der Waals surface area contributed by atoms with E-state index in [-0.39, 0.29) is 16.9 Å². The molecule has 0 aliphatic heterocycles. The lowest BCUT2D eigenvalue weighted by Crippen LogP contribution is -2.39. The van der Waals surface area contributed by atoms with Crippen LogP contribution in [-0.4, -0.2) is 31.4 Å². The van der Waals surface area contributed by atoms with Crippen molar-refractivity contribution in [3.8, 4) is 0 Å². The highest BCUT2D eigenvalue weighted by molar-refractivity contribution is 7.89. The number of amides is 1. The van der Waals surface area contributed by atoms with Gasteiger partial charge < -0.3 is 0 Å². The standard InChI is InChI=1S/C29H34ClN3O3S/c1-20-15-21(2)28(22(3)16-20)37(35,36)33(18-24-9-13-26(30)14-10-24)19-27(34)32-31-17-23-7-11-25(12-8-23)29(4,5)6/h7-17H,18-19H2,1-6H3,(H,32,34)/b31-17+. The number of rotatable bonds is 8. The number of carbonyl (C=O) groups excluding carboxylic acids is 1. The van der Waals surface area contributed by atoms with Gasteiger partial charge in [0.05, 0.1) is 17.7 Å². The largest absolute Gasteiger partial charge is 0.272 e. The molecule has 0 spiro atoms. The van der Waals surface area contributed by atoms with Crippen LogP contribution in [0.3, 0.4) is 0 Å². The minimum Gasteiger partial charge on any atom is -0.272 e. The Morgan fingerprint density at radius 2 is 1.54 bits per heavy atom. The van der Waals surface area contributed by atoms with Crippen LogP contribution in [0.2, 0.25) is 5.02 Å². The molecule has 3 aromatic carbocycles. The fraction of sp³-hybridized carbons (Fsp3) is 0.310. The number of carbonyl (C=O) groups is 1. The lowest BCUT2D eigenvalue weighted by atomic mass is 9.87. The molecule has 0 radical (unpaired) electrons. The summed E-state index contributed by atoms with van der Waals surface area (Å²) in [7, 11) is -3.99. The summed E-state index contributed by atoms with van der Waals surface area (Å²) >= 11 is 6.00. The monoisotopic (exact) mass is 539 g/mol. The molecule has 0 aromatic heterocycles. The summed E-state index contributed by atoms with van der Waals surface area (Å²) in [6.07, 6.45) is 1.54. The number of hydrogen-bond acceptors (Lipinski definition) is 4. The highest BCUT2D eigenvalue weighted by atomic mass is 35.5. The first-order chi connectivity index (χ1) is 17.3. The van der Waals surface area contributed by atoms with Gasteiger partial charge in [0, 0.05) is 11.6 Å². The number of nitrogens with one attached hydrogen (secondary N) is 1. The fourth-order valence-electron chi connectivity index (χ4n) is 4.17. The van der Waals surface area contributed by atoms with Gasteiger partial charge in [-0.2, -0.15) is 9.41 Å². The molecule has 0 unspecified atom stereocenters. The van der Waals surface area contributed by atoms with Gasteiger partial charge in [0.1, 0.15) is 0 Å². The molecule has 0 aliphatic carbocycles. The summed E-state index contributed by atoms with van der Waals surface area (Å²) in [5.41, 5.74) is 7.48. The van der Waals surface area contributed by atoms with Gasteiger partial charge in [0.25, 0.3) is 5.91 Å². The van der Waals surface area contributed by atoms with Crippen molar-refractivity contribution in [2.45, 2.75) is 58.4 Å². The van der Waals surface area contributed by atoms with Crippen LogP contribution in [0.4, 0.5) is 0 Å². The molecule has 0 aliphatic rings. The molecule has 1 N–H and O–H groups in total. The Morgan fingerprint density at radius 3 is 2.08 bits per heavy atom. The van der Waals surface area contributed by atoms with E-state index in [0.29, 0.717) is 21.7 Å². The van der Waals surface area contributed by atoms with E-state index in [1.54, 1.807) is 38.1 Å². The van der Waals surface area contributed by atoms with Gasteiger partial charge in [-0.15, -0.1) is 0 Å². The second kappa shape index (κ2) is 11.6. The van der Waals surface area contributed by atoms with E-state index >= 15 is 0 Å². The molecular formula is C29H34ClN3O3S. The molecule has 0 atom stereocenters. The van der Waals surface area contributed by atoms with Crippen molar-refractivity contribution in [2.75, 3.05) is 6.54 Å². The van der Waals surface area contributed by atoms with Crippen molar-refractivity contribution in [1.29, 1.82) is 0 Å². The van der Waals surface area contributed by atoms with Crippen molar-refractivity contribution in [3.05, 3.63) is 99.1 Å².